The zero-order valence-electron chi connectivity index (χ0n) is 8.72. The molecule has 0 atom stereocenters. The van der Waals surface area contributed by atoms with Crippen molar-refractivity contribution in [3.63, 3.8) is 0 Å². The first kappa shape index (κ1) is 10.2. The van der Waals surface area contributed by atoms with Gasteiger partial charge in [-0.05, 0) is 12.1 Å². The predicted molar refractivity (Wildman–Crippen MR) is 63.4 cm³/mol. The van der Waals surface area contributed by atoms with Gasteiger partial charge in [0, 0.05) is 5.39 Å². The summed E-state index contributed by atoms with van der Waals surface area (Å²) in [5.41, 5.74) is 0.843. The van der Waals surface area contributed by atoms with E-state index in [1.54, 1.807) is 0 Å². The molecule has 0 fully saturated rings. The van der Waals surface area contributed by atoms with Crippen LogP contribution in [0, 0.1) is 0 Å². The van der Waals surface area contributed by atoms with E-state index < -0.39 is 0 Å². The SMILES string of the molecule is C=COc1cc2ccccc2nc1OC=C. The Bertz CT molecular complexity index is 486. The van der Waals surface area contributed by atoms with Gasteiger partial charge < -0.3 is 9.47 Å². The molecule has 0 saturated heterocycles. The Hall–Kier alpha value is -2.29. The normalized spacial score (nSPS) is 9.75. The van der Waals surface area contributed by atoms with Gasteiger partial charge >= 0.3 is 0 Å². The lowest BCUT2D eigenvalue weighted by Gasteiger charge is -2.07. The number of hydrogen-bond donors (Lipinski definition) is 0. The molecule has 0 saturated carbocycles. The lowest BCUT2D eigenvalue weighted by molar-refractivity contribution is 0.407. The van der Waals surface area contributed by atoms with Crippen LogP contribution in [0.3, 0.4) is 0 Å². The minimum Gasteiger partial charge on any atom is -0.460 e. The molecule has 0 aliphatic rings. The predicted octanol–water partition coefficient (Wildman–Crippen LogP) is 3.28. The molecule has 0 radical (unpaired) electrons. The highest BCUT2D eigenvalue weighted by molar-refractivity contribution is 5.81. The summed E-state index contributed by atoms with van der Waals surface area (Å²) in [5.74, 6) is 0.905. The highest BCUT2D eigenvalue weighted by Crippen LogP contribution is 2.29. The zero-order valence-corrected chi connectivity index (χ0v) is 8.72. The molecule has 0 aliphatic heterocycles. The summed E-state index contributed by atoms with van der Waals surface area (Å²) in [4.78, 5) is 4.32. The molecule has 80 valence electrons. The van der Waals surface area contributed by atoms with E-state index in [4.69, 9.17) is 9.47 Å². The van der Waals surface area contributed by atoms with Gasteiger partial charge in [-0.15, -0.1) is 0 Å². The van der Waals surface area contributed by atoms with Crippen molar-refractivity contribution >= 4 is 10.9 Å². The third-order valence-electron chi connectivity index (χ3n) is 2.06. The fourth-order valence-corrected chi connectivity index (χ4v) is 1.42. The van der Waals surface area contributed by atoms with E-state index in [0.717, 1.165) is 10.9 Å². The van der Waals surface area contributed by atoms with Gasteiger partial charge in [-0.3, -0.25) is 0 Å². The highest BCUT2D eigenvalue weighted by Gasteiger charge is 2.07. The number of pyridine rings is 1. The molecule has 0 aliphatic carbocycles. The lowest BCUT2D eigenvalue weighted by Crippen LogP contribution is -1.92. The number of fused-ring (bicyclic) bond motifs is 1. The molecule has 2 rings (SSSR count). The molecule has 0 N–H and O–H groups in total. The summed E-state index contributed by atoms with van der Waals surface area (Å²) in [6.07, 6.45) is 2.65. The zero-order chi connectivity index (χ0) is 11.4. The second-order valence-corrected chi connectivity index (χ2v) is 3.05. The van der Waals surface area contributed by atoms with Crippen LogP contribution in [0.2, 0.25) is 0 Å². The molecule has 0 bridgehead atoms. The van der Waals surface area contributed by atoms with Gasteiger partial charge in [-0.1, -0.05) is 31.4 Å². The molecular weight excluding hydrogens is 202 g/mol. The van der Waals surface area contributed by atoms with Crippen LogP contribution in [0.5, 0.6) is 11.6 Å². The van der Waals surface area contributed by atoms with Crippen LogP contribution in [0.25, 0.3) is 10.9 Å². The Kier molecular flexibility index (Phi) is 2.87. The molecule has 3 heteroatoms. The van der Waals surface area contributed by atoms with Crippen LogP contribution < -0.4 is 9.47 Å². The van der Waals surface area contributed by atoms with Crippen molar-refractivity contribution in [2.45, 2.75) is 0 Å². The van der Waals surface area contributed by atoms with Crippen molar-refractivity contribution in [1.29, 1.82) is 0 Å². The van der Waals surface area contributed by atoms with Crippen molar-refractivity contribution in [2.24, 2.45) is 0 Å². The van der Waals surface area contributed by atoms with Crippen LogP contribution in [-0.2, 0) is 0 Å². The fourth-order valence-electron chi connectivity index (χ4n) is 1.42. The first-order valence-corrected chi connectivity index (χ1v) is 4.80. The van der Waals surface area contributed by atoms with Crippen LogP contribution in [0.4, 0.5) is 0 Å². The van der Waals surface area contributed by atoms with E-state index in [0.29, 0.717) is 11.6 Å². The minimum absolute atomic E-state index is 0.383. The second-order valence-electron chi connectivity index (χ2n) is 3.05. The summed E-state index contributed by atoms with van der Waals surface area (Å²) in [6, 6.07) is 9.57. The molecule has 0 spiro atoms. The number of ether oxygens (including phenoxy) is 2. The number of nitrogens with zero attached hydrogens (tertiary/aromatic N) is 1. The smallest absolute Gasteiger partial charge is 0.263 e. The van der Waals surface area contributed by atoms with Crippen LogP contribution in [-0.4, -0.2) is 4.98 Å². The highest BCUT2D eigenvalue weighted by atomic mass is 16.5. The van der Waals surface area contributed by atoms with Gasteiger partial charge in [0.2, 0.25) is 0 Å². The first-order valence-electron chi connectivity index (χ1n) is 4.80. The topological polar surface area (TPSA) is 31.4 Å². The van der Waals surface area contributed by atoms with E-state index in [2.05, 4.69) is 18.1 Å². The summed E-state index contributed by atoms with van der Waals surface area (Å²) in [7, 11) is 0. The summed E-state index contributed by atoms with van der Waals surface area (Å²) in [6.45, 7) is 7.00. The number of aromatic nitrogens is 1. The van der Waals surface area contributed by atoms with Gasteiger partial charge in [0.1, 0.15) is 0 Å². The third kappa shape index (κ3) is 1.88. The standard InChI is InChI=1S/C13H11NO2/c1-3-15-12-9-10-7-5-6-8-11(10)14-13(12)16-4-2/h3-9H,1-2H2. The quantitative estimate of drug-likeness (QED) is 0.730. The minimum atomic E-state index is 0.383. The van der Waals surface area contributed by atoms with Crippen molar-refractivity contribution in [3.8, 4) is 11.6 Å². The molecule has 1 aromatic heterocycles. The summed E-state index contributed by atoms with van der Waals surface area (Å²) >= 11 is 0. The molecule has 3 nitrogen and oxygen atoms in total. The Morgan fingerprint density at radius 1 is 1.06 bits per heavy atom. The van der Waals surface area contributed by atoms with Crippen molar-refractivity contribution in [3.05, 3.63) is 56.0 Å². The maximum atomic E-state index is 5.23. The van der Waals surface area contributed by atoms with E-state index in [1.165, 1.54) is 12.5 Å². The third-order valence-corrected chi connectivity index (χ3v) is 2.06. The Morgan fingerprint density at radius 3 is 2.56 bits per heavy atom. The van der Waals surface area contributed by atoms with Gasteiger partial charge in [-0.25, -0.2) is 4.98 Å². The monoisotopic (exact) mass is 213 g/mol. The number of para-hydroxylation sites is 1. The molecule has 1 aromatic carbocycles. The van der Waals surface area contributed by atoms with Gasteiger partial charge in [0.15, 0.2) is 5.75 Å². The Balaban J connectivity index is 2.60. The summed E-state index contributed by atoms with van der Waals surface area (Å²) in [5, 5.41) is 0.982. The van der Waals surface area contributed by atoms with Crippen LogP contribution in [0.1, 0.15) is 0 Å². The van der Waals surface area contributed by atoms with Crippen molar-refractivity contribution in [1.82, 2.24) is 4.98 Å². The van der Waals surface area contributed by atoms with Crippen molar-refractivity contribution in [2.75, 3.05) is 0 Å². The maximum absolute atomic E-state index is 5.23. The molecule has 16 heavy (non-hydrogen) atoms. The van der Waals surface area contributed by atoms with E-state index in [-0.39, 0.29) is 0 Å². The summed E-state index contributed by atoms with van der Waals surface area (Å²) < 4.78 is 10.4. The fraction of sp³-hybridized carbons (Fsp3) is 0. The molecular formula is C13H11NO2. The molecule has 0 amide bonds. The van der Waals surface area contributed by atoms with Crippen LogP contribution >= 0.6 is 0 Å². The first-order chi connectivity index (χ1) is 7.85. The van der Waals surface area contributed by atoms with Crippen molar-refractivity contribution < 1.29 is 9.47 Å². The number of rotatable bonds is 4. The van der Waals surface area contributed by atoms with Gasteiger partial charge in [-0.2, -0.15) is 0 Å². The average molecular weight is 213 g/mol. The number of hydrogen-bond acceptors (Lipinski definition) is 3. The van der Waals surface area contributed by atoms with Gasteiger partial charge in [0.05, 0.1) is 18.0 Å². The van der Waals surface area contributed by atoms with E-state index in [9.17, 15) is 0 Å². The average Bonchev–Trinajstić information content (AvgIpc) is 2.30. The Labute approximate surface area is 93.6 Å². The van der Waals surface area contributed by atoms with Gasteiger partial charge in [0.25, 0.3) is 5.88 Å². The Morgan fingerprint density at radius 2 is 1.81 bits per heavy atom. The maximum Gasteiger partial charge on any atom is 0.263 e. The number of benzene rings is 1. The van der Waals surface area contributed by atoms with Crippen LogP contribution in [0.15, 0.2) is 56.0 Å². The second kappa shape index (κ2) is 4.49. The molecule has 1 heterocycles. The largest absolute Gasteiger partial charge is 0.460 e. The molecule has 0 unspecified atom stereocenters. The lowest BCUT2D eigenvalue weighted by atomic mass is 10.2. The van der Waals surface area contributed by atoms with E-state index >= 15 is 0 Å². The van der Waals surface area contributed by atoms with E-state index in [1.807, 2.05) is 30.3 Å². The molecule has 2 aromatic rings.